The zero-order valence-corrected chi connectivity index (χ0v) is 10.1. The Bertz CT molecular complexity index is 418. The maximum absolute atomic E-state index is 11.7. The van der Waals surface area contributed by atoms with Gasteiger partial charge in [-0.3, -0.25) is 14.4 Å². The van der Waals surface area contributed by atoms with Crippen molar-refractivity contribution in [3.05, 3.63) is 35.9 Å². The first kappa shape index (κ1) is 13.3. The fourth-order valence-corrected chi connectivity index (χ4v) is 1.37. The van der Waals surface area contributed by atoms with Crippen molar-refractivity contribution in [3.8, 4) is 0 Å². The number of carbonyl (C=O) groups is 3. The standard InChI is InChI=1S/C14H16O3/c1-10(2)13(16)8-12(15)9-14(17)11-6-4-3-5-7-11/h3-7,10H,8-9H2,1-2H3. The van der Waals surface area contributed by atoms with Crippen molar-refractivity contribution in [2.24, 2.45) is 5.92 Å². The molecule has 0 aliphatic rings. The molecule has 90 valence electrons. The number of Topliss-reactive ketones (excluding diaryl/α,β-unsaturated/α-hetero) is 3. The van der Waals surface area contributed by atoms with Crippen LogP contribution in [0.2, 0.25) is 0 Å². The molecule has 17 heavy (non-hydrogen) atoms. The van der Waals surface area contributed by atoms with Crippen molar-refractivity contribution in [2.45, 2.75) is 26.7 Å². The van der Waals surface area contributed by atoms with Crippen LogP contribution in [-0.4, -0.2) is 17.3 Å². The Kier molecular flexibility index (Phi) is 4.76. The summed E-state index contributed by atoms with van der Waals surface area (Å²) in [5.41, 5.74) is 0.512. The van der Waals surface area contributed by atoms with E-state index < -0.39 is 0 Å². The summed E-state index contributed by atoms with van der Waals surface area (Å²) in [5, 5.41) is 0. The lowest BCUT2D eigenvalue weighted by Crippen LogP contribution is -2.16. The maximum atomic E-state index is 11.7. The van der Waals surface area contributed by atoms with E-state index in [1.54, 1.807) is 44.2 Å². The Morgan fingerprint density at radius 1 is 1.00 bits per heavy atom. The van der Waals surface area contributed by atoms with Gasteiger partial charge < -0.3 is 0 Å². The Hall–Kier alpha value is -1.77. The summed E-state index contributed by atoms with van der Waals surface area (Å²) in [6.45, 7) is 3.49. The summed E-state index contributed by atoms with van der Waals surface area (Å²) in [5.74, 6) is -0.814. The minimum absolute atomic E-state index is 0.115. The number of carbonyl (C=O) groups excluding carboxylic acids is 3. The molecule has 0 radical (unpaired) electrons. The average Bonchev–Trinajstić information content (AvgIpc) is 2.29. The van der Waals surface area contributed by atoms with Crippen LogP contribution in [0.5, 0.6) is 0 Å². The molecule has 1 aromatic rings. The monoisotopic (exact) mass is 232 g/mol. The van der Waals surface area contributed by atoms with Gasteiger partial charge in [0.05, 0.1) is 12.8 Å². The molecule has 0 atom stereocenters. The van der Waals surface area contributed by atoms with Crippen molar-refractivity contribution < 1.29 is 14.4 Å². The molecule has 1 rings (SSSR count). The number of hydrogen-bond donors (Lipinski definition) is 0. The van der Waals surface area contributed by atoms with Gasteiger partial charge in [0, 0.05) is 11.5 Å². The third kappa shape index (κ3) is 4.31. The van der Waals surface area contributed by atoms with Crippen LogP contribution in [0.3, 0.4) is 0 Å². The van der Waals surface area contributed by atoms with Crippen LogP contribution in [0.1, 0.15) is 37.0 Å². The fraction of sp³-hybridized carbons (Fsp3) is 0.357. The molecule has 0 saturated heterocycles. The highest BCUT2D eigenvalue weighted by atomic mass is 16.2. The van der Waals surface area contributed by atoms with Crippen LogP contribution >= 0.6 is 0 Å². The SMILES string of the molecule is CC(C)C(=O)CC(=O)CC(=O)c1ccccc1. The lowest BCUT2D eigenvalue weighted by Gasteiger charge is -2.03. The molecule has 0 fully saturated rings. The molecule has 0 saturated carbocycles. The Balaban J connectivity index is 2.53. The van der Waals surface area contributed by atoms with Crippen molar-refractivity contribution in [2.75, 3.05) is 0 Å². The quantitative estimate of drug-likeness (QED) is 0.559. The molecule has 0 aliphatic carbocycles. The van der Waals surface area contributed by atoms with Crippen LogP contribution in [0.4, 0.5) is 0 Å². The highest BCUT2D eigenvalue weighted by Gasteiger charge is 2.16. The molecule has 0 N–H and O–H groups in total. The van der Waals surface area contributed by atoms with Gasteiger partial charge in [0.15, 0.2) is 5.78 Å². The highest BCUT2D eigenvalue weighted by Crippen LogP contribution is 2.06. The van der Waals surface area contributed by atoms with E-state index in [9.17, 15) is 14.4 Å². The maximum Gasteiger partial charge on any atom is 0.170 e. The Morgan fingerprint density at radius 3 is 2.12 bits per heavy atom. The first-order valence-electron chi connectivity index (χ1n) is 5.63. The summed E-state index contributed by atoms with van der Waals surface area (Å²) in [4.78, 5) is 34.5. The van der Waals surface area contributed by atoms with Gasteiger partial charge >= 0.3 is 0 Å². The van der Waals surface area contributed by atoms with Gasteiger partial charge in [0.25, 0.3) is 0 Å². The van der Waals surface area contributed by atoms with Gasteiger partial charge in [0.1, 0.15) is 11.6 Å². The largest absolute Gasteiger partial charge is 0.299 e. The van der Waals surface area contributed by atoms with Gasteiger partial charge in [-0.25, -0.2) is 0 Å². The number of rotatable bonds is 6. The molecular formula is C14H16O3. The molecule has 0 heterocycles. The zero-order chi connectivity index (χ0) is 12.8. The van der Waals surface area contributed by atoms with Crippen LogP contribution in [0.25, 0.3) is 0 Å². The molecule has 0 aliphatic heterocycles. The van der Waals surface area contributed by atoms with E-state index in [4.69, 9.17) is 0 Å². The van der Waals surface area contributed by atoms with Gasteiger partial charge in [-0.15, -0.1) is 0 Å². The number of hydrogen-bond acceptors (Lipinski definition) is 3. The first-order chi connectivity index (χ1) is 8.00. The minimum Gasteiger partial charge on any atom is -0.299 e. The number of benzene rings is 1. The molecule has 0 unspecified atom stereocenters. The lowest BCUT2D eigenvalue weighted by molar-refractivity contribution is -0.128. The molecule has 0 aromatic heterocycles. The van der Waals surface area contributed by atoms with Crippen molar-refractivity contribution in [1.82, 2.24) is 0 Å². The normalized spacial score (nSPS) is 10.3. The molecule has 1 aromatic carbocycles. The van der Waals surface area contributed by atoms with Gasteiger partial charge in [-0.2, -0.15) is 0 Å². The smallest absolute Gasteiger partial charge is 0.170 e. The summed E-state index contributed by atoms with van der Waals surface area (Å²) < 4.78 is 0. The third-order valence-corrected chi connectivity index (χ3v) is 2.47. The van der Waals surface area contributed by atoms with Crippen LogP contribution in [-0.2, 0) is 9.59 Å². The summed E-state index contributed by atoms with van der Waals surface area (Å²) in [7, 11) is 0. The van der Waals surface area contributed by atoms with Crippen LogP contribution < -0.4 is 0 Å². The second-order valence-electron chi connectivity index (χ2n) is 4.30. The average molecular weight is 232 g/mol. The van der Waals surface area contributed by atoms with E-state index in [0.717, 1.165) is 0 Å². The second-order valence-corrected chi connectivity index (χ2v) is 4.30. The first-order valence-corrected chi connectivity index (χ1v) is 5.63. The van der Waals surface area contributed by atoms with E-state index in [0.29, 0.717) is 5.56 Å². The summed E-state index contributed by atoms with van der Waals surface area (Å²) >= 11 is 0. The van der Waals surface area contributed by atoms with E-state index >= 15 is 0 Å². The molecule has 3 nitrogen and oxygen atoms in total. The minimum atomic E-state index is -0.308. The Labute approximate surface area is 101 Å². The van der Waals surface area contributed by atoms with Crippen molar-refractivity contribution in [1.29, 1.82) is 0 Å². The molecule has 0 bridgehead atoms. The van der Waals surface area contributed by atoms with Crippen molar-refractivity contribution >= 4 is 17.3 Å². The lowest BCUT2D eigenvalue weighted by atomic mass is 9.99. The van der Waals surface area contributed by atoms with Crippen LogP contribution in [0, 0.1) is 5.92 Å². The topological polar surface area (TPSA) is 51.2 Å². The molecule has 0 spiro atoms. The van der Waals surface area contributed by atoms with Gasteiger partial charge in [0.2, 0.25) is 0 Å². The van der Waals surface area contributed by atoms with Crippen LogP contribution in [0.15, 0.2) is 30.3 Å². The predicted octanol–water partition coefficient (Wildman–Crippen LogP) is 2.44. The Morgan fingerprint density at radius 2 is 1.59 bits per heavy atom. The van der Waals surface area contributed by atoms with Gasteiger partial charge in [-0.05, 0) is 0 Å². The van der Waals surface area contributed by atoms with E-state index in [1.807, 2.05) is 0 Å². The summed E-state index contributed by atoms with van der Waals surface area (Å²) in [6.07, 6.45) is -0.335. The third-order valence-electron chi connectivity index (χ3n) is 2.47. The number of ketones is 3. The predicted molar refractivity (Wildman–Crippen MR) is 64.9 cm³/mol. The molecule has 0 amide bonds. The second kappa shape index (κ2) is 6.09. The van der Waals surface area contributed by atoms with E-state index in [2.05, 4.69) is 0 Å². The highest BCUT2D eigenvalue weighted by molar-refractivity contribution is 6.12. The van der Waals surface area contributed by atoms with E-state index in [-0.39, 0.29) is 36.1 Å². The zero-order valence-electron chi connectivity index (χ0n) is 10.1. The summed E-state index contributed by atoms with van der Waals surface area (Å²) in [6, 6.07) is 8.63. The van der Waals surface area contributed by atoms with E-state index in [1.165, 1.54) is 0 Å². The molecule has 3 heteroatoms. The van der Waals surface area contributed by atoms with Crippen molar-refractivity contribution in [3.63, 3.8) is 0 Å². The fourth-order valence-electron chi connectivity index (χ4n) is 1.37. The van der Waals surface area contributed by atoms with Gasteiger partial charge in [-0.1, -0.05) is 44.2 Å². The molecular weight excluding hydrogens is 216 g/mol.